The first-order chi connectivity index (χ1) is 21.4. The average molecular weight is 631 g/mol. The Morgan fingerprint density at radius 2 is 1.70 bits per heavy atom. The van der Waals surface area contributed by atoms with Gasteiger partial charge in [0.25, 0.3) is 0 Å². The zero-order chi connectivity index (χ0) is 31.1. The number of methoxy groups -OCH3 is 1. The summed E-state index contributed by atoms with van der Waals surface area (Å²) in [5.74, 6) is 0.904. The predicted molar refractivity (Wildman–Crippen MR) is 181 cm³/mol. The zero-order valence-electron chi connectivity index (χ0n) is 24.9. The Morgan fingerprint density at radius 3 is 2.41 bits per heavy atom. The number of anilines is 1. The third kappa shape index (κ3) is 7.25. The first kappa shape index (κ1) is 31.5. The summed E-state index contributed by atoms with van der Waals surface area (Å²) in [6.07, 6.45) is 2.85. The van der Waals surface area contributed by atoms with E-state index in [-0.39, 0.29) is 11.9 Å². The van der Waals surface area contributed by atoms with E-state index in [4.69, 9.17) is 33.3 Å². The second kappa shape index (κ2) is 14.7. The fourth-order valence-electron chi connectivity index (χ4n) is 5.58. The molecule has 0 aromatic heterocycles. The second-order valence-electron chi connectivity index (χ2n) is 10.8. The van der Waals surface area contributed by atoms with Crippen molar-refractivity contribution < 1.29 is 9.53 Å². The lowest BCUT2D eigenvalue weighted by Gasteiger charge is -2.17. The van der Waals surface area contributed by atoms with E-state index in [1.165, 1.54) is 6.21 Å². The molecule has 228 valence electrons. The number of amides is 1. The lowest BCUT2D eigenvalue weighted by atomic mass is 9.94. The van der Waals surface area contributed by atoms with E-state index in [1.54, 1.807) is 7.11 Å². The van der Waals surface area contributed by atoms with Crippen LogP contribution in [-0.4, -0.2) is 38.9 Å². The van der Waals surface area contributed by atoms with Gasteiger partial charge in [-0.2, -0.15) is 0 Å². The lowest BCUT2D eigenvalue weighted by molar-refractivity contribution is -0.119. The number of halogens is 2. The largest absolute Gasteiger partial charge is 0.496 e. The van der Waals surface area contributed by atoms with Crippen LogP contribution in [0.1, 0.15) is 35.1 Å². The molecule has 5 rings (SSSR count). The number of hydrogen-bond donors (Lipinski definition) is 5. The van der Waals surface area contributed by atoms with Crippen LogP contribution in [0.4, 0.5) is 5.69 Å². The van der Waals surface area contributed by atoms with Crippen molar-refractivity contribution in [3.05, 3.63) is 105 Å². The minimum absolute atomic E-state index is 0.132. The van der Waals surface area contributed by atoms with E-state index in [2.05, 4.69) is 45.5 Å². The fraction of sp³-hybridized carbons (Fsp3) is 0.257. The Labute approximate surface area is 268 Å². The van der Waals surface area contributed by atoms with Crippen LogP contribution in [0.2, 0.25) is 10.0 Å². The Balaban J connectivity index is 1.33. The molecular weight excluding hydrogens is 593 g/mol. The Bertz CT molecular complexity index is 1640. The summed E-state index contributed by atoms with van der Waals surface area (Å²) in [7, 11) is 3.54. The van der Waals surface area contributed by atoms with Crippen molar-refractivity contribution in [1.29, 1.82) is 5.41 Å². The lowest BCUT2D eigenvalue weighted by Crippen LogP contribution is -2.35. The third-order valence-electron chi connectivity index (χ3n) is 7.90. The molecule has 0 bridgehead atoms. The molecule has 4 aromatic carbocycles. The molecule has 7 nitrogen and oxygen atoms in total. The molecule has 1 heterocycles. The standard InChI is InChI=1S/C35H37Cl2N5O2/c1-39-19-25-15-31(36)24(16-33(25)44-2)20-41-32-8-4-6-28(30(32)17-38)29-7-3-5-27(35(29)37)23-11-9-22(10-12-23)18-40-21-26-13-14-34(43)42-26/h3-12,15-17,26,38-41H,13-14,18-21H2,1-2H3,(H,42,43). The number of hydrogen-bond acceptors (Lipinski definition) is 6. The molecule has 9 heteroatoms. The highest BCUT2D eigenvalue weighted by atomic mass is 35.5. The molecule has 1 saturated heterocycles. The molecule has 5 N–H and O–H groups in total. The van der Waals surface area contributed by atoms with Gasteiger partial charge in [0, 0.05) is 77.8 Å². The second-order valence-corrected chi connectivity index (χ2v) is 11.6. The summed E-state index contributed by atoms with van der Waals surface area (Å²) in [4.78, 5) is 11.4. The summed E-state index contributed by atoms with van der Waals surface area (Å²) in [6.45, 7) is 2.60. The number of carbonyl (C=O) groups is 1. The van der Waals surface area contributed by atoms with Crippen LogP contribution >= 0.6 is 23.2 Å². The van der Waals surface area contributed by atoms with Gasteiger partial charge in [-0.25, -0.2) is 0 Å². The maximum Gasteiger partial charge on any atom is 0.220 e. The first-order valence-electron chi connectivity index (χ1n) is 14.7. The van der Waals surface area contributed by atoms with Crippen molar-refractivity contribution in [2.45, 2.75) is 38.5 Å². The maximum absolute atomic E-state index is 11.4. The van der Waals surface area contributed by atoms with Gasteiger partial charge < -0.3 is 31.4 Å². The highest BCUT2D eigenvalue weighted by Gasteiger charge is 2.20. The highest BCUT2D eigenvalue weighted by Crippen LogP contribution is 2.39. The summed E-state index contributed by atoms with van der Waals surface area (Å²) in [6, 6.07) is 24.3. The molecule has 44 heavy (non-hydrogen) atoms. The van der Waals surface area contributed by atoms with Gasteiger partial charge in [-0.3, -0.25) is 4.79 Å². The van der Waals surface area contributed by atoms with Crippen LogP contribution in [0.3, 0.4) is 0 Å². The Kier molecular flexibility index (Phi) is 10.6. The molecule has 1 unspecified atom stereocenters. The summed E-state index contributed by atoms with van der Waals surface area (Å²) >= 11 is 13.7. The minimum atomic E-state index is 0.132. The van der Waals surface area contributed by atoms with Gasteiger partial charge in [0.15, 0.2) is 0 Å². The summed E-state index contributed by atoms with van der Waals surface area (Å²) in [5, 5.41) is 22.6. The van der Waals surface area contributed by atoms with Gasteiger partial charge in [-0.15, -0.1) is 0 Å². The van der Waals surface area contributed by atoms with Crippen LogP contribution in [0, 0.1) is 5.41 Å². The van der Waals surface area contributed by atoms with Crippen molar-refractivity contribution in [1.82, 2.24) is 16.0 Å². The summed E-state index contributed by atoms with van der Waals surface area (Å²) < 4.78 is 5.58. The number of rotatable bonds is 13. The molecule has 1 atom stereocenters. The van der Waals surface area contributed by atoms with Gasteiger partial charge in [0.1, 0.15) is 5.75 Å². The normalized spacial score (nSPS) is 14.4. The van der Waals surface area contributed by atoms with Crippen molar-refractivity contribution in [2.75, 3.05) is 26.0 Å². The van der Waals surface area contributed by atoms with Crippen LogP contribution in [0.5, 0.6) is 5.75 Å². The zero-order valence-corrected chi connectivity index (χ0v) is 26.4. The molecule has 1 aliphatic heterocycles. The number of benzene rings is 4. The van der Waals surface area contributed by atoms with Crippen molar-refractivity contribution in [2.24, 2.45) is 0 Å². The van der Waals surface area contributed by atoms with Crippen LogP contribution in [0.25, 0.3) is 22.3 Å². The SMILES string of the molecule is CNCc1cc(Cl)c(CNc2cccc(-c3cccc(-c4ccc(CNCC5CCC(=O)N5)cc4)c3Cl)c2C=N)cc1OC. The van der Waals surface area contributed by atoms with E-state index in [1.807, 2.05) is 55.6 Å². The smallest absolute Gasteiger partial charge is 0.220 e. The molecule has 0 radical (unpaired) electrons. The van der Waals surface area contributed by atoms with Gasteiger partial charge >= 0.3 is 0 Å². The monoisotopic (exact) mass is 629 g/mol. The van der Waals surface area contributed by atoms with E-state index in [0.717, 1.165) is 75.5 Å². The van der Waals surface area contributed by atoms with E-state index >= 15 is 0 Å². The predicted octanol–water partition coefficient (Wildman–Crippen LogP) is 7.03. The average Bonchev–Trinajstić information content (AvgIpc) is 3.45. The van der Waals surface area contributed by atoms with Gasteiger partial charge in [0.2, 0.25) is 5.91 Å². The third-order valence-corrected chi connectivity index (χ3v) is 8.65. The quantitative estimate of drug-likeness (QED) is 0.102. The molecule has 1 aliphatic rings. The van der Waals surface area contributed by atoms with Gasteiger partial charge in [0.05, 0.1) is 12.1 Å². The number of nitrogens with one attached hydrogen (secondary N) is 5. The number of carbonyl (C=O) groups excluding carboxylic acids is 1. The minimum Gasteiger partial charge on any atom is -0.496 e. The topological polar surface area (TPSA) is 98.3 Å². The first-order valence-corrected chi connectivity index (χ1v) is 15.4. The van der Waals surface area contributed by atoms with Gasteiger partial charge in [-0.05, 0) is 53.9 Å². The van der Waals surface area contributed by atoms with Crippen molar-refractivity contribution >= 4 is 41.0 Å². The molecule has 0 spiro atoms. The van der Waals surface area contributed by atoms with Crippen LogP contribution in [0.15, 0.2) is 72.8 Å². The van der Waals surface area contributed by atoms with E-state index < -0.39 is 0 Å². The summed E-state index contributed by atoms with van der Waals surface area (Å²) in [5.41, 5.74) is 8.24. The Morgan fingerprint density at radius 1 is 0.955 bits per heavy atom. The van der Waals surface area contributed by atoms with E-state index in [0.29, 0.717) is 29.6 Å². The van der Waals surface area contributed by atoms with Gasteiger partial charge in [-0.1, -0.05) is 77.8 Å². The molecule has 0 saturated carbocycles. The maximum atomic E-state index is 11.4. The fourth-order valence-corrected chi connectivity index (χ4v) is 6.17. The Hall–Kier alpha value is -3.88. The molecule has 0 aliphatic carbocycles. The van der Waals surface area contributed by atoms with Crippen LogP contribution in [-0.2, 0) is 24.4 Å². The van der Waals surface area contributed by atoms with E-state index in [9.17, 15) is 4.79 Å². The van der Waals surface area contributed by atoms with Crippen LogP contribution < -0.4 is 26.0 Å². The van der Waals surface area contributed by atoms with Crippen molar-refractivity contribution in [3.63, 3.8) is 0 Å². The van der Waals surface area contributed by atoms with Crippen molar-refractivity contribution in [3.8, 4) is 28.0 Å². The molecule has 4 aromatic rings. The molecular formula is C35H37Cl2N5O2. The molecule has 1 fully saturated rings. The number of ether oxygens (including phenoxy) is 1. The molecule has 1 amide bonds. The highest BCUT2D eigenvalue weighted by molar-refractivity contribution is 6.36.